The SMILES string of the molecule is CNCC1CCC(C)(C)CC1Cc1c(F)cccc1Cl. The zero-order valence-corrected chi connectivity index (χ0v) is 13.4. The van der Waals surface area contributed by atoms with E-state index in [1.54, 1.807) is 12.1 Å². The number of nitrogens with one attached hydrogen (secondary N) is 1. The molecule has 1 aromatic carbocycles. The second kappa shape index (κ2) is 6.44. The van der Waals surface area contributed by atoms with E-state index < -0.39 is 0 Å². The van der Waals surface area contributed by atoms with Gasteiger partial charge in [0.25, 0.3) is 0 Å². The van der Waals surface area contributed by atoms with Crippen molar-refractivity contribution in [2.75, 3.05) is 13.6 Å². The van der Waals surface area contributed by atoms with Gasteiger partial charge in [0.2, 0.25) is 0 Å². The number of rotatable bonds is 4. The van der Waals surface area contributed by atoms with Crippen LogP contribution in [0, 0.1) is 23.1 Å². The molecule has 0 heterocycles. The van der Waals surface area contributed by atoms with Gasteiger partial charge in [-0.25, -0.2) is 4.39 Å². The lowest BCUT2D eigenvalue weighted by atomic mass is 9.65. The van der Waals surface area contributed by atoms with Crippen LogP contribution in [0.4, 0.5) is 4.39 Å². The molecule has 1 fully saturated rings. The maximum absolute atomic E-state index is 14.0. The normalized spacial score (nSPS) is 25.6. The lowest BCUT2D eigenvalue weighted by Crippen LogP contribution is -2.36. The first kappa shape index (κ1) is 15.8. The average molecular weight is 298 g/mol. The Labute approximate surface area is 126 Å². The number of benzene rings is 1. The average Bonchev–Trinajstić information content (AvgIpc) is 2.37. The van der Waals surface area contributed by atoms with E-state index in [-0.39, 0.29) is 5.82 Å². The van der Waals surface area contributed by atoms with Crippen molar-refractivity contribution < 1.29 is 4.39 Å². The Morgan fingerprint density at radius 2 is 2.10 bits per heavy atom. The molecule has 0 aromatic heterocycles. The number of halogens is 2. The first-order valence-electron chi connectivity index (χ1n) is 7.50. The van der Waals surface area contributed by atoms with Gasteiger partial charge in [-0.1, -0.05) is 31.5 Å². The van der Waals surface area contributed by atoms with Gasteiger partial charge in [0.05, 0.1) is 0 Å². The summed E-state index contributed by atoms with van der Waals surface area (Å²) in [6, 6.07) is 4.99. The molecule has 1 aliphatic rings. The van der Waals surface area contributed by atoms with Gasteiger partial charge in [-0.3, -0.25) is 0 Å². The summed E-state index contributed by atoms with van der Waals surface area (Å²) < 4.78 is 14.0. The van der Waals surface area contributed by atoms with Crippen LogP contribution in [0.1, 0.15) is 38.7 Å². The molecule has 1 N–H and O–H groups in total. The van der Waals surface area contributed by atoms with Crippen molar-refractivity contribution in [1.82, 2.24) is 5.32 Å². The van der Waals surface area contributed by atoms with Gasteiger partial charge in [0.1, 0.15) is 5.82 Å². The molecule has 1 aliphatic carbocycles. The van der Waals surface area contributed by atoms with E-state index in [2.05, 4.69) is 19.2 Å². The van der Waals surface area contributed by atoms with Gasteiger partial charge < -0.3 is 5.32 Å². The van der Waals surface area contributed by atoms with Crippen molar-refractivity contribution >= 4 is 11.6 Å². The smallest absolute Gasteiger partial charge is 0.127 e. The predicted octanol–water partition coefficient (Wildman–Crippen LogP) is 4.68. The first-order chi connectivity index (χ1) is 9.43. The van der Waals surface area contributed by atoms with Crippen LogP contribution in [0.2, 0.25) is 5.02 Å². The Bertz CT molecular complexity index is 438. The summed E-state index contributed by atoms with van der Waals surface area (Å²) in [5, 5.41) is 3.85. The Morgan fingerprint density at radius 3 is 2.75 bits per heavy atom. The standard InChI is InChI=1S/C17H25ClFN/c1-17(2)8-7-12(11-20-3)13(10-17)9-14-15(18)5-4-6-16(14)19/h4-6,12-13,20H,7-11H2,1-3H3. The van der Waals surface area contributed by atoms with Gasteiger partial charge in [0.15, 0.2) is 0 Å². The first-order valence-corrected chi connectivity index (χ1v) is 7.88. The van der Waals surface area contributed by atoms with Crippen molar-refractivity contribution in [3.05, 3.63) is 34.6 Å². The van der Waals surface area contributed by atoms with Crippen LogP contribution in [-0.2, 0) is 6.42 Å². The number of hydrogen-bond acceptors (Lipinski definition) is 1. The molecule has 0 saturated heterocycles. The highest BCUT2D eigenvalue weighted by Gasteiger charge is 2.35. The molecule has 0 radical (unpaired) electrons. The summed E-state index contributed by atoms with van der Waals surface area (Å²) in [6.07, 6.45) is 4.36. The van der Waals surface area contributed by atoms with Crippen molar-refractivity contribution in [3.8, 4) is 0 Å². The second-order valence-electron chi connectivity index (χ2n) is 6.89. The molecule has 0 bridgehead atoms. The quantitative estimate of drug-likeness (QED) is 0.850. The van der Waals surface area contributed by atoms with Crippen LogP contribution in [0.25, 0.3) is 0 Å². The predicted molar refractivity (Wildman–Crippen MR) is 83.7 cm³/mol. The molecule has 0 spiro atoms. The molecule has 20 heavy (non-hydrogen) atoms. The van der Waals surface area contributed by atoms with Crippen molar-refractivity contribution in [2.24, 2.45) is 17.3 Å². The highest BCUT2D eigenvalue weighted by molar-refractivity contribution is 6.31. The minimum Gasteiger partial charge on any atom is -0.319 e. The van der Waals surface area contributed by atoms with E-state index in [1.807, 2.05) is 7.05 Å². The zero-order valence-electron chi connectivity index (χ0n) is 12.7. The van der Waals surface area contributed by atoms with Crippen LogP contribution in [0.15, 0.2) is 18.2 Å². The van der Waals surface area contributed by atoms with Crippen LogP contribution in [0.5, 0.6) is 0 Å². The molecule has 1 aromatic rings. The van der Waals surface area contributed by atoms with Gasteiger partial charge in [-0.15, -0.1) is 0 Å². The van der Waals surface area contributed by atoms with Gasteiger partial charge in [0, 0.05) is 10.6 Å². The number of hydrogen-bond donors (Lipinski definition) is 1. The zero-order chi connectivity index (χ0) is 14.8. The largest absolute Gasteiger partial charge is 0.319 e. The maximum atomic E-state index is 14.0. The molecule has 0 amide bonds. The molecule has 1 nitrogen and oxygen atoms in total. The van der Waals surface area contributed by atoms with Crippen LogP contribution in [-0.4, -0.2) is 13.6 Å². The monoisotopic (exact) mass is 297 g/mol. The molecule has 2 unspecified atom stereocenters. The Morgan fingerprint density at radius 1 is 1.35 bits per heavy atom. The fourth-order valence-electron chi connectivity index (χ4n) is 3.55. The van der Waals surface area contributed by atoms with E-state index in [9.17, 15) is 4.39 Å². The molecule has 3 heteroatoms. The van der Waals surface area contributed by atoms with Gasteiger partial charge >= 0.3 is 0 Å². The van der Waals surface area contributed by atoms with Crippen LogP contribution >= 0.6 is 11.6 Å². The van der Waals surface area contributed by atoms with E-state index in [0.717, 1.165) is 19.4 Å². The van der Waals surface area contributed by atoms with E-state index in [1.165, 1.54) is 18.9 Å². The third-order valence-corrected chi connectivity index (χ3v) is 5.02. The van der Waals surface area contributed by atoms with Crippen molar-refractivity contribution in [2.45, 2.75) is 39.5 Å². The minimum atomic E-state index is -0.163. The molecule has 2 atom stereocenters. The van der Waals surface area contributed by atoms with E-state index >= 15 is 0 Å². The molecular formula is C17H25ClFN. The highest BCUT2D eigenvalue weighted by atomic mass is 35.5. The third kappa shape index (κ3) is 3.73. The summed E-state index contributed by atoms with van der Waals surface area (Å²) in [4.78, 5) is 0. The Balaban J connectivity index is 2.18. The fraction of sp³-hybridized carbons (Fsp3) is 0.647. The van der Waals surface area contributed by atoms with Crippen LogP contribution < -0.4 is 5.32 Å². The summed E-state index contributed by atoms with van der Waals surface area (Å²) in [5.41, 5.74) is 1.05. The Kier molecular flexibility index (Phi) is 5.09. The molecule has 112 valence electrons. The Hall–Kier alpha value is -0.600. The lowest BCUT2D eigenvalue weighted by Gasteiger charge is -2.41. The molecule has 2 rings (SSSR count). The topological polar surface area (TPSA) is 12.0 Å². The van der Waals surface area contributed by atoms with Crippen molar-refractivity contribution in [3.63, 3.8) is 0 Å². The third-order valence-electron chi connectivity index (χ3n) is 4.67. The second-order valence-corrected chi connectivity index (χ2v) is 7.30. The van der Waals surface area contributed by atoms with Crippen LogP contribution in [0.3, 0.4) is 0 Å². The fourth-order valence-corrected chi connectivity index (χ4v) is 3.79. The van der Waals surface area contributed by atoms with Gasteiger partial charge in [-0.2, -0.15) is 0 Å². The summed E-state index contributed by atoms with van der Waals surface area (Å²) in [7, 11) is 1.99. The lowest BCUT2D eigenvalue weighted by molar-refractivity contribution is 0.116. The van der Waals surface area contributed by atoms with E-state index in [4.69, 9.17) is 11.6 Å². The molecule has 1 saturated carbocycles. The summed E-state index contributed by atoms with van der Waals surface area (Å²) in [5.74, 6) is 0.952. The van der Waals surface area contributed by atoms with Crippen molar-refractivity contribution in [1.29, 1.82) is 0 Å². The molecule has 0 aliphatic heterocycles. The highest BCUT2D eigenvalue weighted by Crippen LogP contribution is 2.43. The minimum absolute atomic E-state index is 0.163. The molecular weight excluding hydrogens is 273 g/mol. The van der Waals surface area contributed by atoms with E-state index in [0.29, 0.717) is 27.8 Å². The summed E-state index contributed by atoms with van der Waals surface area (Å²) >= 11 is 6.19. The summed E-state index contributed by atoms with van der Waals surface area (Å²) in [6.45, 7) is 5.64. The van der Waals surface area contributed by atoms with Gasteiger partial charge in [-0.05, 0) is 68.7 Å². The maximum Gasteiger partial charge on any atom is 0.127 e.